The smallest absolute Gasteiger partial charge is 0.339 e. The van der Waals surface area contributed by atoms with Gasteiger partial charge in [-0.15, -0.1) is 0 Å². The molecule has 14 heavy (non-hydrogen) atoms. The van der Waals surface area contributed by atoms with Crippen molar-refractivity contribution in [3.8, 4) is 0 Å². The number of hydrogen-bond donors (Lipinski definition) is 2. The highest BCUT2D eigenvalue weighted by atomic mass is 16.4. The van der Waals surface area contributed by atoms with Gasteiger partial charge in [-0.2, -0.15) is 5.10 Å². The highest BCUT2D eigenvalue weighted by Crippen LogP contribution is 2.12. The van der Waals surface area contributed by atoms with Crippen LogP contribution in [0.5, 0.6) is 0 Å². The van der Waals surface area contributed by atoms with E-state index in [0.717, 1.165) is 0 Å². The van der Waals surface area contributed by atoms with E-state index in [0.29, 0.717) is 11.4 Å². The molecule has 2 N–H and O–H groups in total. The van der Waals surface area contributed by atoms with Crippen molar-refractivity contribution in [2.45, 2.75) is 20.4 Å². The summed E-state index contributed by atoms with van der Waals surface area (Å²) in [5.74, 6) is -2.14. The van der Waals surface area contributed by atoms with Gasteiger partial charge in [-0.05, 0) is 13.8 Å². The lowest BCUT2D eigenvalue weighted by molar-refractivity contribution is -0.137. The first-order valence-corrected chi connectivity index (χ1v) is 3.92. The Hall–Kier alpha value is -1.85. The summed E-state index contributed by atoms with van der Waals surface area (Å²) in [5, 5.41) is 21.1. The van der Waals surface area contributed by atoms with Gasteiger partial charge in [0.1, 0.15) is 12.1 Å². The number of rotatable bonds is 3. The van der Waals surface area contributed by atoms with Crippen LogP contribution < -0.4 is 0 Å². The number of aliphatic carboxylic acids is 1. The van der Waals surface area contributed by atoms with E-state index in [1.165, 1.54) is 18.5 Å². The summed E-state index contributed by atoms with van der Waals surface area (Å²) < 4.78 is 1.17. The molecular formula is C8H10N2O4. The summed E-state index contributed by atoms with van der Waals surface area (Å²) in [6.07, 6.45) is 0. The maximum Gasteiger partial charge on any atom is 0.339 e. The van der Waals surface area contributed by atoms with Crippen molar-refractivity contribution in [3.63, 3.8) is 0 Å². The fraction of sp³-hybridized carbons (Fsp3) is 0.375. The number of nitrogens with zero attached hydrogens (tertiary/aromatic N) is 2. The third-order valence-electron chi connectivity index (χ3n) is 1.88. The Morgan fingerprint density at radius 2 is 1.93 bits per heavy atom. The molecule has 0 atom stereocenters. The Morgan fingerprint density at radius 1 is 1.36 bits per heavy atom. The third kappa shape index (κ3) is 1.73. The van der Waals surface area contributed by atoms with Gasteiger partial charge in [-0.25, -0.2) is 4.79 Å². The topological polar surface area (TPSA) is 92.4 Å². The number of aromatic carboxylic acids is 1. The highest BCUT2D eigenvalue weighted by molar-refractivity contribution is 5.90. The van der Waals surface area contributed by atoms with E-state index in [1.54, 1.807) is 0 Å². The van der Waals surface area contributed by atoms with Crippen LogP contribution >= 0.6 is 0 Å². The molecule has 0 aliphatic carbocycles. The minimum Gasteiger partial charge on any atom is -0.480 e. The molecule has 0 amide bonds. The number of aromatic nitrogens is 2. The lowest BCUT2D eigenvalue weighted by Gasteiger charge is -1.99. The van der Waals surface area contributed by atoms with Gasteiger partial charge in [0, 0.05) is 0 Å². The summed E-state index contributed by atoms with van der Waals surface area (Å²) in [7, 11) is 0. The summed E-state index contributed by atoms with van der Waals surface area (Å²) in [5.41, 5.74) is 0.764. The quantitative estimate of drug-likeness (QED) is 0.727. The van der Waals surface area contributed by atoms with Crippen molar-refractivity contribution >= 4 is 11.9 Å². The molecule has 0 unspecified atom stereocenters. The van der Waals surface area contributed by atoms with E-state index in [1.807, 2.05) is 0 Å². The fourth-order valence-electron chi connectivity index (χ4n) is 1.29. The van der Waals surface area contributed by atoms with Crippen LogP contribution in [-0.2, 0) is 11.3 Å². The van der Waals surface area contributed by atoms with Gasteiger partial charge in [-0.3, -0.25) is 9.48 Å². The first-order chi connectivity index (χ1) is 6.43. The summed E-state index contributed by atoms with van der Waals surface area (Å²) >= 11 is 0. The zero-order valence-electron chi connectivity index (χ0n) is 7.81. The van der Waals surface area contributed by atoms with E-state index < -0.39 is 11.9 Å². The molecule has 0 aliphatic rings. The van der Waals surface area contributed by atoms with Gasteiger partial charge in [0.15, 0.2) is 0 Å². The van der Waals surface area contributed by atoms with Crippen LogP contribution in [0.2, 0.25) is 0 Å². The van der Waals surface area contributed by atoms with Crippen LogP contribution in [0.3, 0.4) is 0 Å². The molecular weight excluding hydrogens is 188 g/mol. The van der Waals surface area contributed by atoms with Gasteiger partial charge < -0.3 is 10.2 Å². The molecule has 1 aromatic heterocycles. The zero-order chi connectivity index (χ0) is 10.9. The van der Waals surface area contributed by atoms with Gasteiger partial charge in [0.2, 0.25) is 0 Å². The molecule has 0 aromatic carbocycles. The van der Waals surface area contributed by atoms with Crippen LogP contribution in [-0.4, -0.2) is 31.9 Å². The average Bonchev–Trinajstić information content (AvgIpc) is 2.25. The molecule has 1 rings (SSSR count). The van der Waals surface area contributed by atoms with Crippen molar-refractivity contribution in [1.82, 2.24) is 9.78 Å². The molecule has 0 fully saturated rings. The third-order valence-corrected chi connectivity index (χ3v) is 1.88. The predicted molar refractivity (Wildman–Crippen MR) is 46.3 cm³/mol. The monoisotopic (exact) mass is 198 g/mol. The standard InChI is InChI=1S/C8H10N2O4/c1-4-7(8(13)14)5(2)10(9-4)3-6(11)12/h3H2,1-2H3,(H,11,12)(H,13,14). The summed E-state index contributed by atoms with van der Waals surface area (Å²) in [6.45, 7) is 2.75. The second-order valence-electron chi connectivity index (χ2n) is 2.90. The maximum atomic E-state index is 10.7. The molecule has 6 nitrogen and oxygen atoms in total. The number of aryl methyl sites for hydroxylation is 1. The SMILES string of the molecule is Cc1nn(CC(=O)O)c(C)c1C(=O)O. The van der Waals surface area contributed by atoms with Crippen LogP contribution in [0.1, 0.15) is 21.7 Å². The Labute approximate surface area is 79.8 Å². The number of carboxylic acid groups (broad SMARTS) is 2. The van der Waals surface area contributed by atoms with Gasteiger partial charge in [0.25, 0.3) is 0 Å². The molecule has 1 heterocycles. The Balaban J connectivity index is 3.16. The van der Waals surface area contributed by atoms with Crippen LogP contribution in [0.25, 0.3) is 0 Å². The number of carboxylic acids is 2. The van der Waals surface area contributed by atoms with Crippen molar-refractivity contribution in [1.29, 1.82) is 0 Å². The second kappa shape index (κ2) is 3.49. The molecule has 0 aliphatic heterocycles. The molecule has 0 bridgehead atoms. The molecule has 76 valence electrons. The molecule has 0 saturated heterocycles. The lowest BCUT2D eigenvalue weighted by atomic mass is 10.2. The normalized spacial score (nSPS) is 10.1. The maximum absolute atomic E-state index is 10.7. The van der Waals surface area contributed by atoms with Crippen molar-refractivity contribution < 1.29 is 19.8 Å². The summed E-state index contributed by atoms with van der Waals surface area (Å²) in [6, 6.07) is 0. The van der Waals surface area contributed by atoms with E-state index in [2.05, 4.69) is 5.10 Å². The van der Waals surface area contributed by atoms with Gasteiger partial charge in [0.05, 0.1) is 11.4 Å². The number of hydrogen-bond acceptors (Lipinski definition) is 3. The molecule has 0 radical (unpaired) electrons. The van der Waals surface area contributed by atoms with Crippen molar-refractivity contribution in [2.75, 3.05) is 0 Å². The molecule has 6 heteroatoms. The molecule has 1 aromatic rings. The first kappa shape index (κ1) is 10.2. The van der Waals surface area contributed by atoms with Gasteiger partial charge >= 0.3 is 11.9 Å². The largest absolute Gasteiger partial charge is 0.480 e. The fourth-order valence-corrected chi connectivity index (χ4v) is 1.29. The average molecular weight is 198 g/mol. The van der Waals surface area contributed by atoms with E-state index >= 15 is 0 Å². The van der Waals surface area contributed by atoms with E-state index in [9.17, 15) is 9.59 Å². The Kier molecular flexibility index (Phi) is 2.55. The van der Waals surface area contributed by atoms with Crippen LogP contribution in [0, 0.1) is 13.8 Å². The zero-order valence-corrected chi connectivity index (χ0v) is 7.81. The van der Waals surface area contributed by atoms with Crippen molar-refractivity contribution in [3.05, 3.63) is 17.0 Å². The van der Waals surface area contributed by atoms with Crippen molar-refractivity contribution in [2.24, 2.45) is 0 Å². The first-order valence-electron chi connectivity index (χ1n) is 3.92. The predicted octanol–water partition coefficient (Wildman–Crippen LogP) is 0.283. The summed E-state index contributed by atoms with van der Waals surface area (Å²) in [4.78, 5) is 21.1. The van der Waals surface area contributed by atoms with Crippen LogP contribution in [0.4, 0.5) is 0 Å². The minimum atomic E-state index is -1.09. The van der Waals surface area contributed by atoms with Crippen LogP contribution in [0.15, 0.2) is 0 Å². The van der Waals surface area contributed by atoms with Gasteiger partial charge in [-0.1, -0.05) is 0 Å². The minimum absolute atomic E-state index is 0.0752. The molecule has 0 saturated carbocycles. The Morgan fingerprint density at radius 3 is 2.29 bits per heavy atom. The number of carbonyl (C=O) groups is 2. The van der Waals surface area contributed by atoms with E-state index in [-0.39, 0.29) is 12.1 Å². The molecule has 0 spiro atoms. The Bertz CT molecular complexity index is 394. The second-order valence-corrected chi connectivity index (χ2v) is 2.90. The van der Waals surface area contributed by atoms with E-state index in [4.69, 9.17) is 10.2 Å². The lowest BCUT2D eigenvalue weighted by Crippen LogP contribution is -2.12. The highest BCUT2D eigenvalue weighted by Gasteiger charge is 2.18.